The van der Waals surface area contributed by atoms with E-state index in [2.05, 4.69) is 11.6 Å². The van der Waals surface area contributed by atoms with Gasteiger partial charge in [-0.25, -0.2) is 13.1 Å². The molecule has 0 heterocycles. The van der Waals surface area contributed by atoms with Crippen molar-refractivity contribution in [1.29, 1.82) is 0 Å². The number of halogens is 1. The maximum Gasteiger partial charge on any atom is 0.240 e. The Labute approximate surface area is 119 Å². The van der Waals surface area contributed by atoms with Gasteiger partial charge < -0.3 is 5.73 Å². The fourth-order valence-electron chi connectivity index (χ4n) is 2.02. The first kappa shape index (κ1) is 14.8. The predicted molar refractivity (Wildman–Crippen MR) is 76.5 cm³/mol. The molecular formula is C13H19ClN2O2S. The van der Waals surface area contributed by atoms with Crippen LogP contribution in [0.15, 0.2) is 23.1 Å². The van der Waals surface area contributed by atoms with Crippen LogP contribution in [-0.2, 0) is 16.6 Å². The molecule has 1 saturated carbocycles. The molecule has 0 amide bonds. The van der Waals surface area contributed by atoms with Crippen LogP contribution in [0, 0.1) is 5.41 Å². The topological polar surface area (TPSA) is 72.2 Å². The molecule has 3 N–H and O–H groups in total. The third-order valence-corrected chi connectivity index (χ3v) is 5.65. The molecular weight excluding hydrogens is 284 g/mol. The first-order valence-electron chi connectivity index (χ1n) is 6.41. The fourth-order valence-corrected chi connectivity index (χ4v) is 3.53. The van der Waals surface area contributed by atoms with Gasteiger partial charge in [-0.05, 0) is 42.4 Å². The van der Waals surface area contributed by atoms with Gasteiger partial charge in [0.25, 0.3) is 0 Å². The number of nitrogens with two attached hydrogens (primary N) is 1. The Kier molecular flexibility index (Phi) is 4.20. The Morgan fingerprint density at radius 3 is 2.58 bits per heavy atom. The fraction of sp³-hybridized carbons (Fsp3) is 0.538. The average molecular weight is 303 g/mol. The van der Waals surface area contributed by atoms with Gasteiger partial charge >= 0.3 is 0 Å². The molecule has 2 rings (SSSR count). The summed E-state index contributed by atoms with van der Waals surface area (Å²) in [5.41, 5.74) is 6.42. The van der Waals surface area contributed by atoms with Gasteiger partial charge in [0.05, 0.1) is 4.90 Å². The lowest BCUT2D eigenvalue weighted by Gasteiger charge is -2.14. The lowest BCUT2D eigenvalue weighted by atomic mass is 10.1. The molecule has 0 bridgehead atoms. The normalized spacial score (nSPS) is 17.4. The zero-order valence-corrected chi connectivity index (χ0v) is 12.5. The molecule has 4 nitrogen and oxygen atoms in total. The minimum absolute atomic E-state index is 0.175. The van der Waals surface area contributed by atoms with Crippen molar-refractivity contribution in [3.8, 4) is 0 Å². The molecule has 0 saturated heterocycles. The van der Waals surface area contributed by atoms with Gasteiger partial charge in [-0.15, -0.1) is 0 Å². The largest absolute Gasteiger partial charge is 0.326 e. The van der Waals surface area contributed by atoms with E-state index in [0.717, 1.165) is 24.8 Å². The molecule has 1 aromatic rings. The van der Waals surface area contributed by atoms with E-state index in [1.54, 1.807) is 12.1 Å². The maximum atomic E-state index is 12.2. The summed E-state index contributed by atoms with van der Waals surface area (Å²) in [4.78, 5) is 0.196. The lowest BCUT2D eigenvalue weighted by Crippen LogP contribution is -2.30. The highest BCUT2D eigenvalue weighted by atomic mass is 35.5. The van der Waals surface area contributed by atoms with E-state index in [-0.39, 0.29) is 10.3 Å². The van der Waals surface area contributed by atoms with Crippen molar-refractivity contribution >= 4 is 21.6 Å². The summed E-state index contributed by atoms with van der Waals surface area (Å²) in [7, 11) is -3.49. The molecule has 1 aliphatic carbocycles. The number of rotatable bonds is 6. The quantitative estimate of drug-likeness (QED) is 0.846. The Morgan fingerprint density at radius 1 is 1.42 bits per heavy atom. The molecule has 1 aromatic carbocycles. The van der Waals surface area contributed by atoms with Crippen molar-refractivity contribution in [2.45, 2.75) is 37.6 Å². The molecule has 19 heavy (non-hydrogen) atoms. The smallest absolute Gasteiger partial charge is 0.240 e. The Balaban J connectivity index is 2.13. The van der Waals surface area contributed by atoms with Crippen LogP contribution in [0.2, 0.25) is 5.02 Å². The van der Waals surface area contributed by atoms with Gasteiger partial charge in [0.15, 0.2) is 0 Å². The van der Waals surface area contributed by atoms with Crippen molar-refractivity contribution in [3.05, 3.63) is 28.8 Å². The molecule has 0 aromatic heterocycles. The summed E-state index contributed by atoms with van der Waals surface area (Å²) >= 11 is 5.99. The molecule has 1 fully saturated rings. The van der Waals surface area contributed by atoms with Crippen LogP contribution in [0.4, 0.5) is 0 Å². The number of benzene rings is 1. The van der Waals surface area contributed by atoms with Crippen LogP contribution in [0.25, 0.3) is 0 Å². The van der Waals surface area contributed by atoms with Crippen LogP contribution in [0.5, 0.6) is 0 Å². The molecule has 1 aliphatic rings. The lowest BCUT2D eigenvalue weighted by molar-refractivity contribution is 0.475. The average Bonchev–Trinajstić information content (AvgIpc) is 3.17. The van der Waals surface area contributed by atoms with Gasteiger partial charge in [-0.1, -0.05) is 24.6 Å². The molecule has 0 aliphatic heterocycles. The molecule has 0 spiro atoms. The second-order valence-corrected chi connectivity index (χ2v) is 7.31. The summed E-state index contributed by atoms with van der Waals surface area (Å²) < 4.78 is 27.0. The van der Waals surface area contributed by atoms with Crippen molar-refractivity contribution in [1.82, 2.24) is 4.72 Å². The Hall–Kier alpha value is -0.620. The van der Waals surface area contributed by atoms with E-state index in [9.17, 15) is 8.42 Å². The second kappa shape index (κ2) is 5.40. The highest BCUT2D eigenvalue weighted by Crippen LogP contribution is 2.48. The number of hydrogen-bond acceptors (Lipinski definition) is 3. The molecule has 106 valence electrons. The van der Waals surface area contributed by atoms with E-state index in [1.807, 2.05) is 0 Å². The standard InChI is InChI=1S/C13H19ClN2O2S/c1-2-13(5-6-13)9-16-19(17,18)11-4-3-10(8-15)12(14)7-11/h3-4,7,16H,2,5-6,8-9,15H2,1H3. The third kappa shape index (κ3) is 3.28. The summed E-state index contributed by atoms with van der Waals surface area (Å²) in [5, 5.41) is 0.391. The molecule has 6 heteroatoms. The molecule has 0 unspecified atom stereocenters. The second-order valence-electron chi connectivity index (χ2n) is 5.14. The van der Waals surface area contributed by atoms with E-state index < -0.39 is 10.0 Å². The van der Waals surface area contributed by atoms with Crippen molar-refractivity contribution in [3.63, 3.8) is 0 Å². The van der Waals surface area contributed by atoms with Crippen molar-refractivity contribution in [2.75, 3.05) is 6.54 Å². The van der Waals surface area contributed by atoms with E-state index in [0.29, 0.717) is 18.1 Å². The first-order valence-corrected chi connectivity index (χ1v) is 8.27. The number of nitrogens with one attached hydrogen (secondary N) is 1. The van der Waals surface area contributed by atoms with Crippen LogP contribution in [0.3, 0.4) is 0 Å². The van der Waals surface area contributed by atoms with Gasteiger partial charge in [0, 0.05) is 18.1 Å². The van der Waals surface area contributed by atoms with Crippen LogP contribution in [0.1, 0.15) is 31.7 Å². The summed E-state index contributed by atoms with van der Waals surface area (Å²) in [5.74, 6) is 0. The maximum absolute atomic E-state index is 12.2. The Bertz CT molecular complexity index is 568. The van der Waals surface area contributed by atoms with Gasteiger partial charge in [-0.3, -0.25) is 0 Å². The van der Waals surface area contributed by atoms with Gasteiger partial charge in [0.1, 0.15) is 0 Å². The number of hydrogen-bond donors (Lipinski definition) is 2. The van der Waals surface area contributed by atoms with Crippen LogP contribution in [-0.4, -0.2) is 15.0 Å². The van der Waals surface area contributed by atoms with E-state index in [4.69, 9.17) is 17.3 Å². The Morgan fingerprint density at radius 2 is 2.11 bits per heavy atom. The summed E-state index contributed by atoms with van der Waals surface area (Å²) in [6, 6.07) is 4.66. The zero-order chi connectivity index (χ0) is 14.1. The van der Waals surface area contributed by atoms with E-state index in [1.165, 1.54) is 6.07 Å². The molecule has 0 radical (unpaired) electrons. The minimum Gasteiger partial charge on any atom is -0.326 e. The zero-order valence-electron chi connectivity index (χ0n) is 10.9. The predicted octanol–water partition coefficient (Wildman–Crippen LogP) is 2.27. The van der Waals surface area contributed by atoms with Gasteiger partial charge in [-0.2, -0.15) is 0 Å². The van der Waals surface area contributed by atoms with Crippen LogP contribution >= 0.6 is 11.6 Å². The minimum atomic E-state index is -3.49. The molecule has 0 atom stereocenters. The highest BCUT2D eigenvalue weighted by Gasteiger charge is 2.41. The van der Waals surface area contributed by atoms with Crippen molar-refractivity contribution in [2.24, 2.45) is 11.1 Å². The first-order chi connectivity index (χ1) is 8.92. The monoisotopic (exact) mass is 302 g/mol. The SMILES string of the molecule is CCC1(CNS(=O)(=O)c2ccc(CN)c(Cl)c2)CC1. The number of sulfonamides is 1. The van der Waals surface area contributed by atoms with E-state index >= 15 is 0 Å². The third-order valence-electron chi connectivity index (χ3n) is 3.90. The highest BCUT2D eigenvalue weighted by molar-refractivity contribution is 7.89. The van der Waals surface area contributed by atoms with Gasteiger partial charge in [0.2, 0.25) is 10.0 Å². The van der Waals surface area contributed by atoms with Crippen molar-refractivity contribution < 1.29 is 8.42 Å². The van der Waals surface area contributed by atoms with Crippen LogP contribution < -0.4 is 10.5 Å². The summed E-state index contributed by atoms with van der Waals surface area (Å²) in [6.45, 7) is 2.89. The summed E-state index contributed by atoms with van der Waals surface area (Å²) in [6.07, 6.45) is 3.19.